The van der Waals surface area contributed by atoms with Crippen LogP contribution in [-0.4, -0.2) is 36.5 Å². The molecule has 1 aromatic carbocycles. The molecule has 1 rings (SSSR count). The van der Waals surface area contributed by atoms with Crippen molar-refractivity contribution in [2.75, 3.05) is 20.6 Å². The third-order valence-corrected chi connectivity index (χ3v) is 2.78. The Morgan fingerprint density at radius 3 is 2.38 bits per heavy atom. The molecule has 0 fully saturated rings. The number of quaternary nitrogens is 1. The summed E-state index contributed by atoms with van der Waals surface area (Å²) in [7, 11) is 4.07. The van der Waals surface area contributed by atoms with Gasteiger partial charge in [-0.2, -0.15) is 0 Å². The number of nitrogens with two attached hydrogens (primary N) is 1. The molecular weight excluding hydrogens is 200 g/mol. The van der Waals surface area contributed by atoms with E-state index in [1.54, 1.807) is 0 Å². The summed E-state index contributed by atoms with van der Waals surface area (Å²) < 4.78 is 0.588. The Hall–Kier alpha value is -1.16. The van der Waals surface area contributed by atoms with Crippen LogP contribution in [0, 0.1) is 0 Å². The molecule has 1 aromatic rings. The van der Waals surface area contributed by atoms with Gasteiger partial charge in [0.15, 0.2) is 6.23 Å². The van der Waals surface area contributed by atoms with E-state index in [2.05, 4.69) is 18.7 Å². The van der Waals surface area contributed by atoms with Gasteiger partial charge in [0, 0.05) is 5.56 Å². The first-order valence-electron chi connectivity index (χ1n) is 5.41. The lowest BCUT2D eigenvalue weighted by molar-refractivity contribution is -0.917. The summed E-state index contributed by atoms with van der Waals surface area (Å²) in [5.41, 5.74) is 6.64. The van der Waals surface area contributed by atoms with Crippen LogP contribution in [0.25, 0.3) is 0 Å². The zero-order valence-electron chi connectivity index (χ0n) is 10.0. The van der Waals surface area contributed by atoms with Crippen molar-refractivity contribution in [1.29, 1.82) is 0 Å². The van der Waals surface area contributed by atoms with Gasteiger partial charge in [0.1, 0.15) is 12.6 Å². The van der Waals surface area contributed by atoms with E-state index in [4.69, 9.17) is 5.73 Å². The second-order valence-corrected chi connectivity index (χ2v) is 4.62. The van der Waals surface area contributed by atoms with Crippen LogP contribution in [0.4, 0.5) is 0 Å². The summed E-state index contributed by atoms with van der Waals surface area (Å²) in [5.74, 6) is 0. The number of aliphatic hydroxyl groups excluding tert-OH is 1. The molecule has 0 amide bonds. The number of nitrogens with zero attached hydrogens (tertiary/aromatic N) is 1. The maximum absolute atomic E-state index is 9.31. The van der Waals surface area contributed by atoms with Crippen molar-refractivity contribution < 1.29 is 9.59 Å². The molecule has 2 unspecified atom stereocenters. The van der Waals surface area contributed by atoms with E-state index in [1.807, 2.05) is 38.4 Å². The molecular formula is C13H21N2O+. The SMILES string of the molecule is C=CC(c1ccccc1)[N+](C)(C)CC(N)O. The predicted octanol–water partition coefficient (Wildman–Crippen LogP) is 1.27. The van der Waals surface area contributed by atoms with Crippen molar-refractivity contribution in [3.63, 3.8) is 0 Å². The molecule has 0 heterocycles. The van der Waals surface area contributed by atoms with Gasteiger partial charge in [-0.1, -0.05) is 36.9 Å². The number of hydrogen-bond acceptors (Lipinski definition) is 2. The molecule has 2 atom stereocenters. The molecule has 0 radical (unpaired) electrons. The van der Waals surface area contributed by atoms with Crippen molar-refractivity contribution in [1.82, 2.24) is 0 Å². The first-order chi connectivity index (χ1) is 7.47. The van der Waals surface area contributed by atoms with Gasteiger partial charge >= 0.3 is 0 Å². The van der Waals surface area contributed by atoms with E-state index < -0.39 is 6.23 Å². The minimum atomic E-state index is -0.804. The van der Waals surface area contributed by atoms with Gasteiger partial charge in [-0.25, -0.2) is 0 Å². The van der Waals surface area contributed by atoms with Crippen LogP contribution in [0.15, 0.2) is 43.0 Å². The van der Waals surface area contributed by atoms with Crippen LogP contribution in [0.5, 0.6) is 0 Å². The summed E-state index contributed by atoms with van der Waals surface area (Å²) in [6.45, 7) is 4.36. The second-order valence-electron chi connectivity index (χ2n) is 4.62. The van der Waals surface area contributed by atoms with E-state index in [0.717, 1.165) is 0 Å². The van der Waals surface area contributed by atoms with Crippen molar-refractivity contribution in [2.24, 2.45) is 5.73 Å². The molecule has 0 bridgehead atoms. The summed E-state index contributed by atoms with van der Waals surface area (Å²) >= 11 is 0. The van der Waals surface area contributed by atoms with Crippen molar-refractivity contribution in [2.45, 2.75) is 12.3 Å². The van der Waals surface area contributed by atoms with Crippen molar-refractivity contribution in [3.05, 3.63) is 48.6 Å². The van der Waals surface area contributed by atoms with Crippen LogP contribution >= 0.6 is 0 Å². The third-order valence-electron chi connectivity index (χ3n) is 2.78. The summed E-state index contributed by atoms with van der Waals surface area (Å²) in [4.78, 5) is 0. The second kappa shape index (κ2) is 5.25. The molecule has 3 heteroatoms. The van der Waals surface area contributed by atoms with Crippen LogP contribution < -0.4 is 5.73 Å². The normalized spacial score (nSPS) is 15.5. The number of aliphatic hydroxyl groups is 1. The monoisotopic (exact) mass is 221 g/mol. The molecule has 0 saturated heterocycles. The Bertz CT molecular complexity index is 333. The lowest BCUT2D eigenvalue weighted by atomic mass is 10.0. The van der Waals surface area contributed by atoms with Gasteiger partial charge in [-0.3, -0.25) is 0 Å². The Balaban J connectivity index is 2.94. The van der Waals surface area contributed by atoms with E-state index >= 15 is 0 Å². The van der Waals surface area contributed by atoms with Gasteiger partial charge < -0.3 is 15.3 Å². The molecule has 0 spiro atoms. The van der Waals surface area contributed by atoms with E-state index in [9.17, 15) is 5.11 Å². The van der Waals surface area contributed by atoms with Crippen LogP contribution in [0.2, 0.25) is 0 Å². The minimum absolute atomic E-state index is 0.138. The third kappa shape index (κ3) is 3.17. The van der Waals surface area contributed by atoms with E-state index in [1.165, 1.54) is 5.56 Å². The minimum Gasteiger partial charge on any atom is -0.373 e. The molecule has 16 heavy (non-hydrogen) atoms. The molecule has 0 aromatic heterocycles. The maximum atomic E-state index is 9.31. The first kappa shape index (κ1) is 12.9. The lowest BCUT2D eigenvalue weighted by Gasteiger charge is -2.37. The maximum Gasteiger partial charge on any atom is 0.152 e. The van der Waals surface area contributed by atoms with Gasteiger partial charge in [0.2, 0.25) is 0 Å². The van der Waals surface area contributed by atoms with Gasteiger partial charge in [-0.15, -0.1) is 0 Å². The summed E-state index contributed by atoms with van der Waals surface area (Å²) in [6.07, 6.45) is 1.10. The molecule has 0 aliphatic carbocycles. The largest absolute Gasteiger partial charge is 0.373 e. The molecule has 0 aliphatic heterocycles. The highest BCUT2D eigenvalue weighted by Crippen LogP contribution is 2.25. The zero-order chi connectivity index (χ0) is 12.2. The molecule has 0 saturated carbocycles. The summed E-state index contributed by atoms with van der Waals surface area (Å²) in [6, 6.07) is 10.3. The number of hydrogen-bond donors (Lipinski definition) is 2. The average Bonchev–Trinajstić information content (AvgIpc) is 2.17. The smallest absolute Gasteiger partial charge is 0.152 e. The number of benzene rings is 1. The van der Waals surface area contributed by atoms with Crippen molar-refractivity contribution in [3.8, 4) is 0 Å². The molecule has 88 valence electrons. The average molecular weight is 221 g/mol. The number of likely N-dealkylation sites (N-methyl/N-ethyl adjacent to an activating group) is 1. The zero-order valence-corrected chi connectivity index (χ0v) is 10.0. The van der Waals surface area contributed by atoms with Gasteiger partial charge in [-0.05, 0) is 6.08 Å². The summed E-state index contributed by atoms with van der Waals surface area (Å²) in [5, 5.41) is 9.31. The van der Waals surface area contributed by atoms with Gasteiger partial charge in [0.25, 0.3) is 0 Å². The van der Waals surface area contributed by atoms with Crippen LogP contribution in [0.3, 0.4) is 0 Å². The fraction of sp³-hybridized carbons (Fsp3) is 0.385. The van der Waals surface area contributed by atoms with Crippen LogP contribution in [-0.2, 0) is 0 Å². The highest BCUT2D eigenvalue weighted by molar-refractivity contribution is 5.20. The molecule has 3 nitrogen and oxygen atoms in total. The predicted molar refractivity (Wildman–Crippen MR) is 66.5 cm³/mol. The first-order valence-corrected chi connectivity index (χ1v) is 5.41. The fourth-order valence-corrected chi connectivity index (χ4v) is 2.07. The Labute approximate surface area is 97.4 Å². The van der Waals surface area contributed by atoms with E-state index in [0.29, 0.717) is 11.0 Å². The van der Waals surface area contributed by atoms with Crippen LogP contribution in [0.1, 0.15) is 11.6 Å². The van der Waals surface area contributed by atoms with Crippen molar-refractivity contribution >= 4 is 0 Å². The lowest BCUT2D eigenvalue weighted by Crippen LogP contribution is -2.49. The fourth-order valence-electron chi connectivity index (χ4n) is 2.07. The molecule has 0 aliphatic rings. The highest BCUT2D eigenvalue weighted by atomic mass is 16.3. The van der Waals surface area contributed by atoms with E-state index in [-0.39, 0.29) is 6.04 Å². The Morgan fingerprint density at radius 2 is 1.94 bits per heavy atom. The quantitative estimate of drug-likeness (QED) is 0.447. The topological polar surface area (TPSA) is 46.2 Å². The Morgan fingerprint density at radius 1 is 1.38 bits per heavy atom. The van der Waals surface area contributed by atoms with Gasteiger partial charge in [0.05, 0.1) is 14.1 Å². The standard InChI is InChI=1S/C13H21N2O/c1-4-12(11-8-6-5-7-9-11)15(2,3)10-13(14)16/h4-9,12-13,16H,1,10,14H2,2-3H3/q+1. The number of rotatable bonds is 5. The highest BCUT2D eigenvalue weighted by Gasteiger charge is 2.28. The molecule has 3 N–H and O–H groups in total. The Kier molecular flexibility index (Phi) is 4.24.